The average Bonchev–Trinajstić information content (AvgIpc) is 2.02. The molecule has 14 heavy (non-hydrogen) atoms. The molecule has 0 saturated heterocycles. The Labute approximate surface area is 87.6 Å². The molecule has 0 aromatic rings. The minimum atomic E-state index is -0.840. The summed E-state index contributed by atoms with van der Waals surface area (Å²) in [5, 5.41) is 20.3. The number of carbonyl (C=O) groups excluding carboxylic acids is 1. The van der Waals surface area contributed by atoms with Gasteiger partial charge < -0.3 is 5.32 Å². The maximum absolute atomic E-state index is 11.4. The fourth-order valence-corrected chi connectivity index (χ4v) is 1.89. The summed E-state index contributed by atoms with van der Waals surface area (Å²) < 4.78 is 0. The second kappa shape index (κ2) is 3.36. The average molecular weight is 207 g/mol. The van der Waals surface area contributed by atoms with Crippen molar-refractivity contribution in [2.24, 2.45) is 11.3 Å². The van der Waals surface area contributed by atoms with Crippen LogP contribution in [0.25, 0.3) is 0 Å². The minimum absolute atomic E-state index is 0.244. The Kier molecular flexibility index (Phi) is 2.55. The molecule has 0 radical (unpaired) electrons. The molecular weight excluding hydrogens is 198 g/mol. The van der Waals surface area contributed by atoms with Gasteiger partial charge in [0.2, 0.25) is 5.91 Å². The van der Waals surface area contributed by atoms with E-state index in [1.807, 2.05) is 12.1 Å². The van der Waals surface area contributed by atoms with Crippen LogP contribution in [0.3, 0.4) is 0 Å². The van der Waals surface area contributed by atoms with Crippen LogP contribution in [0, 0.1) is 34.0 Å². The number of hydrogen-bond acceptors (Lipinski definition) is 4. The van der Waals surface area contributed by atoms with Gasteiger partial charge in [0.25, 0.3) is 0 Å². The first kappa shape index (κ1) is 10.6. The summed E-state index contributed by atoms with van der Waals surface area (Å²) in [5.41, 5.74) is -0.435. The molecule has 1 rings (SSSR count). The summed E-state index contributed by atoms with van der Waals surface area (Å²) in [6.45, 7) is 3.38. The van der Waals surface area contributed by atoms with E-state index in [0.29, 0.717) is 5.57 Å². The Hall–Kier alpha value is -1.46. The summed E-state index contributed by atoms with van der Waals surface area (Å²) in [5.74, 6) is -1.24. The third kappa shape index (κ3) is 1.36. The van der Waals surface area contributed by atoms with Crippen molar-refractivity contribution in [3.05, 3.63) is 10.6 Å². The van der Waals surface area contributed by atoms with Crippen molar-refractivity contribution in [3.63, 3.8) is 0 Å². The Balaban J connectivity index is 3.33. The van der Waals surface area contributed by atoms with E-state index in [4.69, 9.17) is 10.5 Å². The highest BCUT2D eigenvalue weighted by Crippen LogP contribution is 2.39. The lowest BCUT2D eigenvalue weighted by Crippen LogP contribution is -2.44. The van der Waals surface area contributed by atoms with Gasteiger partial charge in [0.1, 0.15) is 5.92 Å². The lowest BCUT2D eigenvalue weighted by Gasteiger charge is -2.33. The number of amides is 1. The zero-order valence-electron chi connectivity index (χ0n) is 7.83. The van der Waals surface area contributed by atoms with Crippen molar-refractivity contribution in [1.29, 1.82) is 10.5 Å². The number of allylic oxidation sites excluding steroid dienone is 1. The van der Waals surface area contributed by atoms with Crippen molar-refractivity contribution in [3.8, 4) is 12.1 Å². The Bertz CT molecular complexity index is 397. The number of carbonyl (C=O) groups is 1. The molecule has 0 aromatic carbocycles. The molecule has 0 aromatic heterocycles. The van der Waals surface area contributed by atoms with Crippen molar-refractivity contribution in [1.82, 2.24) is 5.32 Å². The smallest absolute Gasteiger partial charge is 0.243 e. The normalized spacial score (nSPS) is 24.9. The lowest BCUT2D eigenvalue weighted by atomic mass is 9.72. The van der Waals surface area contributed by atoms with E-state index in [0.717, 1.165) is 0 Å². The largest absolute Gasteiger partial charge is 0.319 e. The summed E-state index contributed by atoms with van der Waals surface area (Å²) >= 11 is 4.00. The molecule has 0 saturated carbocycles. The van der Waals surface area contributed by atoms with Crippen LogP contribution in [-0.2, 0) is 4.79 Å². The number of nitrogens with zero attached hydrogens (tertiary/aromatic N) is 2. The van der Waals surface area contributed by atoms with Gasteiger partial charge in [0, 0.05) is 5.41 Å². The second-order valence-corrected chi connectivity index (χ2v) is 4.06. The van der Waals surface area contributed by atoms with Crippen LogP contribution < -0.4 is 5.32 Å². The highest BCUT2D eigenvalue weighted by atomic mass is 32.1. The molecular formula is C9H9N3OS. The van der Waals surface area contributed by atoms with Crippen LogP contribution in [-0.4, -0.2) is 5.91 Å². The van der Waals surface area contributed by atoms with E-state index >= 15 is 0 Å². The summed E-state index contributed by atoms with van der Waals surface area (Å²) in [6.07, 6.45) is 0. The fourth-order valence-electron chi connectivity index (χ4n) is 1.45. The standard InChI is InChI=1S/C9H9N3OS/c1-9(2)5(3-10)7(13)12-8(14)6(9)4-11/h5,14H,1-2H3,(H,12,13)/t5-/m1/s1. The van der Waals surface area contributed by atoms with Gasteiger partial charge in [-0.15, -0.1) is 12.6 Å². The van der Waals surface area contributed by atoms with E-state index in [9.17, 15) is 4.79 Å². The monoisotopic (exact) mass is 207 g/mol. The first-order valence-electron chi connectivity index (χ1n) is 3.99. The molecule has 1 amide bonds. The van der Waals surface area contributed by atoms with Gasteiger partial charge in [0.15, 0.2) is 0 Å². The van der Waals surface area contributed by atoms with E-state index < -0.39 is 17.2 Å². The fraction of sp³-hybridized carbons (Fsp3) is 0.444. The lowest BCUT2D eigenvalue weighted by molar-refractivity contribution is -0.125. The molecule has 1 aliphatic heterocycles. The van der Waals surface area contributed by atoms with Crippen LogP contribution in [0.15, 0.2) is 10.6 Å². The molecule has 5 heteroatoms. The Morgan fingerprint density at radius 2 is 2.07 bits per heavy atom. The zero-order valence-corrected chi connectivity index (χ0v) is 8.72. The predicted octanol–water partition coefficient (Wildman–Crippen LogP) is 0.947. The van der Waals surface area contributed by atoms with Gasteiger partial charge >= 0.3 is 0 Å². The van der Waals surface area contributed by atoms with Crippen LogP contribution in [0.5, 0.6) is 0 Å². The van der Waals surface area contributed by atoms with E-state index in [1.54, 1.807) is 13.8 Å². The number of nitriles is 2. The molecule has 1 N–H and O–H groups in total. The zero-order chi connectivity index (χ0) is 10.9. The molecule has 1 aliphatic rings. The minimum Gasteiger partial charge on any atom is -0.319 e. The molecule has 4 nitrogen and oxygen atoms in total. The van der Waals surface area contributed by atoms with Gasteiger partial charge in [-0.25, -0.2) is 0 Å². The van der Waals surface area contributed by atoms with Crippen LogP contribution in [0.1, 0.15) is 13.8 Å². The molecule has 0 aliphatic carbocycles. The van der Waals surface area contributed by atoms with Crippen molar-refractivity contribution in [2.45, 2.75) is 13.8 Å². The van der Waals surface area contributed by atoms with Crippen LogP contribution in [0.2, 0.25) is 0 Å². The quantitative estimate of drug-likeness (QED) is 0.580. The van der Waals surface area contributed by atoms with Gasteiger partial charge in [0.05, 0.1) is 22.7 Å². The Morgan fingerprint density at radius 3 is 2.50 bits per heavy atom. The van der Waals surface area contributed by atoms with E-state index in [2.05, 4.69) is 17.9 Å². The first-order chi connectivity index (χ1) is 6.45. The molecule has 1 heterocycles. The van der Waals surface area contributed by atoms with E-state index in [1.165, 1.54) is 0 Å². The maximum Gasteiger partial charge on any atom is 0.243 e. The highest BCUT2D eigenvalue weighted by molar-refractivity contribution is 7.84. The SMILES string of the molecule is CC1(C)C(C#N)=C(S)NC(=O)[C@H]1C#N. The van der Waals surface area contributed by atoms with Gasteiger partial charge in [-0.1, -0.05) is 13.8 Å². The van der Waals surface area contributed by atoms with Gasteiger partial charge in [-0.3, -0.25) is 4.79 Å². The number of hydrogen-bond donors (Lipinski definition) is 2. The van der Waals surface area contributed by atoms with Gasteiger partial charge in [-0.2, -0.15) is 10.5 Å². The van der Waals surface area contributed by atoms with Crippen LogP contribution in [0.4, 0.5) is 0 Å². The number of thiol groups is 1. The number of nitrogens with one attached hydrogen (secondary N) is 1. The molecule has 0 fully saturated rings. The molecule has 72 valence electrons. The third-order valence-electron chi connectivity index (χ3n) is 2.35. The summed E-state index contributed by atoms with van der Waals surface area (Å²) in [6, 6.07) is 3.86. The number of rotatable bonds is 0. The second-order valence-electron chi connectivity index (χ2n) is 3.61. The van der Waals surface area contributed by atoms with Crippen molar-refractivity contribution >= 4 is 18.5 Å². The van der Waals surface area contributed by atoms with Crippen molar-refractivity contribution < 1.29 is 4.79 Å². The molecule has 0 spiro atoms. The van der Waals surface area contributed by atoms with Gasteiger partial charge in [-0.05, 0) is 0 Å². The summed E-state index contributed by atoms with van der Waals surface area (Å²) in [4.78, 5) is 11.4. The van der Waals surface area contributed by atoms with Crippen LogP contribution >= 0.6 is 12.6 Å². The first-order valence-corrected chi connectivity index (χ1v) is 4.44. The topological polar surface area (TPSA) is 76.7 Å². The maximum atomic E-state index is 11.4. The van der Waals surface area contributed by atoms with E-state index in [-0.39, 0.29) is 5.03 Å². The van der Waals surface area contributed by atoms with Crippen molar-refractivity contribution in [2.75, 3.05) is 0 Å². The molecule has 0 unspecified atom stereocenters. The predicted molar refractivity (Wildman–Crippen MR) is 52.7 cm³/mol. The summed E-state index contributed by atoms with van der Waals surface area (Å²) in [7, 11) is 0. The Morgan fingerprint density at radius 1 is 1.50 bits per heavy atom. The highest BCUT2D eigenvalue weighted by Gasteiger charge is 2.43. The molecule has 0 bridgehead atoms. The third-order valence-corrected chi connectivity index (χ3v) is 2.68. The molecule has 1 atom stereocenters.